The Hall–Kier alpha value is -0.920. The van der Waals surface area contributed by atoms with Crippen molar-refractivity contribution in [3.8, 4) is 0 Å². The predicted octanol–water partition coefficient (Wildman–Crippen LogP) is 5.99. The van der Waals surface area contributed by atoms with Crippen LogP contribution in [0.1, 0.15) is 89.5 Å². The van der Waals surface area contributed by atoms with Gasteiger partial charge in [0.05, 0.1) is 6.20 Å². The van der Waals surface area contributed by atoms with Crippen molar-refractivity contribution in [1.29, 1.82) is 0 Å². The van der Waals surface area contributed by atoms with Crippen LogP contribution in [0, 0.1) is 34.5 Å². The van der Waals surface area contributed by atoms with Gasteiger partial charge in [0.2, 0.25) is 0 Å². The first-order valence-corrected chi connectivity index (χ1v) is 10.9. The molecule has 1 aromatic rings. The van der Waals surface area contributed by atoms with Crippen LogP contribution in [0.3, 0.4) is 0 Å². The van der Waals surface area contributed by atoms with E-state index in [2.05, 4.69) is 36.3 Å². The number of hydrogen-bond acceptors (Lipinski definition) is 2. The van der Waals surface area contributed by atoms with Crippen LogP contribution in [0.15, 0.2) is 18.5 Å². The van der Waals surface area contributed by atoms with Gasteiger partial charge in [-0.2, -0.15) is 10.2 Å². The maximum absolute atomic E-state index is 4.25. The van der Waals surface area contributed by atoms with Gasteiger partial charge in [-0.05, 0) is 103 Å². The third-order valence-electron chi connectivity index (χ3n) is 9.55. The summed E-state index contributed by atoms with van der Waals surface area (Å²) >= 11 is 0. The predicted molar refractivity (Wildman–Crippen MR) is 101 cm³/mol. The molecule has 5 rings (SSSR count). The Labute approximate surface area is 153 Å². The van der Waals surface area contributed by atoms with Crippen molar-refractivity contribution >= 4 is 0 Å². The Kier molecular flexibility index (Phi) is 3.77. The van der Waals surface area contributed by atoms with E-state index in [1.807, 2.05) is 6.20 Å². The first-order valence-electron chi connectivity index (χ1n) is 10.9. The van der Waals surface area contributed by atoms with Crippen LogP contribution < -0.4 is 0 Å². The molecule has 25 heavy (non-hydrogen) atoms. The number of hydrogen-bond donors (Lipinski definition) is 0. The fourth-order valence-corrected chi connectivity index (χ4v) is 8.37. The second-order valence-corrected chi connectivity index (χ2v) is 10.3. The quantitative estimate of drug-likeness (QED) is 0.628. The third-order valence-corrected chi connectivity index (χ3v) is 9.55. The van der Waals surface area contributed by atoms with Gasteiger partial charge in [-0.3, -0.25) is 0 Å². The van der Waals surface area contributed by atoms with Crippen LogP contribution in [-0.4, -0.2) is 10.2 Å². The molecule has 1 aromatic heterocycles. The lowest BCUT2D eigenvalue weighted by Gasteiger charge is -2.62. The summed E-state index contributed by atoms with van der Waals surface area (Å²) < 4.78 is 0. The normalized spacial score (nSPS) is 49.1. The Morgan fingerprint density at radius 3 is 2.64 bits per heavy atom. The summed E-state index contributed by atoms with van der Waals surface area (Å²) in [5.74, 6) is 4.60. The smallest absolute Gasteiger partial charge is 0.0531 e. The highest BCUT2D eigenvalue weighted by Crippen LogP contribution is 2.68. The van der Waals surface area contributed by atoms with E-state index in [1.165, 1.54) is 69.8 Å². The van der Waals surface area contributed by atoms with Crippen LogP contribution >= 0.6 is 0 Å². The van der Waals surface area contributed by atoms with Gasteiger partial charge < -0.3 is 0 Å². The molecule has 0 aromatic carbocycles. The molecule has 4 aliphatic rings. The standard InChI is InChI=1S/C23H34N2/c1-22-12-4-7-20(22)18-9-8-17-5-3-6-19(16-11-14-24-25-15-16)23(17,2)21(18)10-13-22/h11,14-15,17-21H,3-10,12-13H2,1-2H3/t17-,18-,19?,20+,21-,22-,23+/m0/s1. The minimum Gasteiger partial charge on any atom is -0.159 e. The molecule has 2 heteroatoms. The summed E-state index contributed by atoms with van der Waals surface area (Å²) in [5.41, 5.74) is 2.64. The monoisotopic (exact) mass is 338 g/mol. The minimum absolute atomic E-state index is 0.494. The maximum Gasteiger partial charge on any atom is 0.0531 e. The van der Waals surface area contributed by atoms with Crippen molar-refractivity contribution in [1.82, 2.24) is 10.2 Å². The largest absolute Gasteiger partial charge is 0.159 e. The van der Waals surface area contributed by atoms with Crippen LogP contribution in [-0.2, 0) is 0 Å². The molecule has 0 bridgehead atoms. The second-order valence-electron chi connectivity index (χ2n) is 10.3. The molecule has 1 heterocycles. The zero-order chi connectivity index (χ0) is 17.1. The van der Waals surface area contributed by atoms with E-state index >= 15 is 0 Å². The molecule has 1 unspecified atom stereocenters. The van der Waals surface area contributed by atoms with Gasteiger partial charge >= 0.3 is 0 Å². The van der Waals surface area contributed by atoms with E-state index in [9.17, 15) is 0 Å². The van der Waals surface area contributed by atoms with E-state index in [4.69, 9.17) is 0 Å². The van der Waals surface area contributed by atoms with Crippen LogP contribution in [0.5, 0.6) is 0 Å². The zero-order valence-electron chi connectivity index (χ0n) is 16.1. The number of fused-ring (bicyclic) bond motifs is 5. The third kappa shape index (κ3) is 2.28. The highest BCUT2D eigenvalue weighted by Gasteiger charge is 2.59. The molecular formula is C23H34N2. The molecule has 4 fully saturated rings. The molecule has 0 N–H and O–H groups in total. The van der Waals surface area contributed by atoms with Gasteiger partial charge in [-0.1, -0.05) is 26.7 Å². The van der Waals surface area contributed by atoms with Crippen molar-refractivity contribution in [2.24, 2.45) is 34.5 Å². The molecule has 0 aliphatic heterocycles. The lowest BCUT2D eigenvalue weighted by atomic mass is 9.42. The van der Waals surface area contributed by atoms with Gasteiger partial charge in [0, 0.05) is 6.20 Å². The summed E-state index contributed by atoms with van der Waals surface area (Å²) in [6.07, 6.45) is 18.7. The lowest BCUT2D eigenvalue weighted by Crippen LogP contribution is -2.54. The van der Waals surface area contributed by atoms with Crippen LogP contribution in [0.2, 0.25) is 0 Å². The van der Waals surface area contributed by atoms with Gasteiger partial charge in [0.15, 0.2) is 0 Å². The lowest BCUT2D eigenvalue weighted by molar-refractivity contribution is -0.114. The first-order chi connectivity index (χ1) is 12.1. The van der Waals surface area contributed by atoms with E-state index in [0.29, 0.717) is 16.7 Å². The Morgan fingerprint density at radius 1 is 0.880 bits per heavy atom. The molecule has 2 nitrogen and oxygen atoms in total. The Morgan fingerprint density at radius 2 is 1.80 bits per heavy atom. The van der Waals surface area contributed by atoms with E-state index in [1.54, 1.807) is 0 Å². The molecule has 4 saturated carbocycles. The Balaban J connectivity index is 1.54. The number of nitrogens with zero attached hydrogens (tertiary/aromatic N) is 2. The summed E-state index contributed by atoms with van der Waals surface area (Å²) in [7, 11) is 0. The van der Waals surface area contributed by atoms with Crippen LogP contribution in [0.4, 0.5) is 0 Å². The fraction of sp³-hybridized carbons (Fsp3) is 0.826. The van der Waals surface area contributed by atoms with Crippen LogP contribution in [0.25, 0.3) is 0 Å². The fourth-order valence-electron chi connectivity index (χ4n) is 8.37. The van der Waals surface area contributed by atoms with Gasteiger partial charge in [0.25, 0.3) is 0 Å². The molecular weight excluding hydrogens is 304 g/mol. The molecule has 0 amide bonds. The van der Waals surface area contributed by atoms with Gasteiger partial charge in [0.1, 0.15) is 0 Å². The van der Waals surface area contributed by atoms with Crippen molar-refractivity contribution in [2.75, 3.05) is 0 Å². The highest BCUT2D eigenvalue weighted by atomic mass is 15.1. The SMILES string of the molecule is C[C@@]12CCC[C@@H]1[C@@H]1CC[C@@H]3CCCC(c4ccnnc4)[C@]3(C)[C@H]1CC2. The van der Waals surface area contributed by atoms with E-state index < -0.39 is 0 Å². The zero-order valence-corrected chi connectivity index (χ0v) is 16.1. The van der Waals surface area contributed by atoms with Crippen molar-refractivity contribution in [3.63, 3.8) is 0 Å². The second kappa shape index (κ2) is 5.79. The molecule has 136 valence electrons. The Bertz CT molecular complexity index is 628. The number of rotatable bonds is 1. The maximum atomic E-state index is 4.25. The molecule has 0 spiro atoms. The average Bonchev–Trinajstić information content (AvgIpc) is 3.03. The summed E-state index contributed by atoms with van der Waals surface area (Å²) in [6, 6.07) is 2.26. The highest BCUT2D eigenvalue weighted by molar-refractivity contribution is 5.21. The van der Waals surface area contributed by atoms with E-state index in [0.717, 1.165) is 23.7 Å². The molecule has 0 saturated heterocycles. The van der Waals surface area contributed by atoms with Crippen molar-refractivity contribution in [3.05, 3.63) is 24.0 Å². The first kappa shape index (κ1) is 16.3. The van der Waals surface area contributed by atoms with Crippen molar-refractivity contribution in [2.45, 2.75) is 84.0 Å². The summed E-state index contributed by atoms with van der Waals surface area (Å²) in [6.45, 7) is 5.32. The summed E-state index contributed by atoms with van der Waals surface area (Å²) in [4.78, 5) is 0. The summed E-state index contributed by atoms with van der Waals surface area (Å²) in [5, 5.41) is 8.30. The number of aromatic nitrogens is 2. The molecule has 4 aliphatic carbocycles. The minimum atomic E-state index is 0.494. The average molecular weight is 339 g/mol. The van der Waals surface area contributed by atoms with Crippen molar-refractivity contribution < 1.29 is 0 Å². The topological polar surface area (TPSA) is 25.8 Å². The van der Waals surface area contributed by atoms with E-state index in [-0.39, 0.29) is 0 Å². The van der Waals surface area contributed by atoms with Gasteiger partial charge in [-0.15, -0.1) is 0 Å². The molecule has 7 atom stereocenters. The van der Waals surface area contributed by atoms with Gasteiger partial charge in [-0.25, -0.2) is 0 Å². The molecule has 0 radical (unpaired) electrons.